The van der Waals surface area contributed by atoms with Crippen molar-refractivity contribution in [3.05, 3.63) is 0 Å². The van der Waals surface area contributed by atoms with Crippen LogP contribution in [-0.4, -0.2) is 23.8 Å². The number of aliphatic hydroxyl groups is 1. The molecule has 0 amide bonds. The molecule has 2 N–H and O–H groups in total. The Bertz CT molecular complexity index is 135. The third kappa shape index (κ3) is 1.09. The highest BCUT2D eigenvalue weighted by molar-refractivity contribution is 5.01. The molecule has 0 radical (unpaired) electrons. The predicted molar refractivity (Wildman–Crippen MR) is 44.4 cm³/mol. The maximum absolute atomic E-state index is 9.15. The molecule has 0 bridgehead atoms. The summed E-state index contributed by atoms with van der Waals surface area (Å²) in [7, 11) is 0. The minimum Gasteiger partial charge on any atom is -0.396 e. The first kappa shape index (κ1) is 7.56. The van der Waals surface area contributed by atoms with E-state index in [-0.39, 0.29) is 0 Å². The van der Waals surface area contributed by atoms with E-state index in [0.717, 1.165) is 6.54 Å². The van der Waals surface area contributed by atoms with Crippen molar-refractivity contribution in [2.75, 3.05) is 13.2 Å². The van der Waals surface area contributed by atoms with Crippen LogP contribution in [0.25, 0.3) is 0 Å². The van der Waals surface area contributed by atoms with Crippen LogP contribution in [0.3, 0.4) is 0 Å². The second kappa shape index (κ2) is 2.76. The molecule has 64 valence electrons. The van der Waals surface area contributed by atoms with Crippen LogP contribution in [0.1, 0.15) is 32.1 Å². The van der Waals surface area contributed by atoms with Crippen LogP contribution in [0.2, 0.25) is 0 Å². The Morgan fingerprint density at radius 2 is 2.18 bits per heavy atom. The zero-order chi connectivity index (χ0) is 7.73. The average Bonchev–Trinajstić information content (AvgIpc) is 2.62. The minimum absolute atomic E-state index is 0.356. The van der Waals surface area contributed by atoms with Crippen LogP contribution in [-0.2, 0) is 0 Å². The maximum Gasteiger partial charge on any atom is 0.0476 e. The summed E-state index contributed by atoms with van der Waals surface area (Å²) in [5.74, 6) is 0.546. The summed E-state index contributed by atoms with van der Waals surface area (Å²) < 4.78 is 0. The molecule has 11 heavy (non-hydrogen) atoms. The summed E-state index contributed by atoms with van der Waals surface area (Å²) in [5, 5.41) is 12.7. The molecule has 2 rings (SSSR count). The Kier molecular flexibility index (Phi) is 1.90. The van der Waals surface area contributed by atoms with Crippen LogP contribution >= 0.6 is 0 Å². The van der Waals surface area contributed by atoms with E-state index in [9.17, 15) is 0 Å². The highest BCUT2D eigenvalue weighted by Gasteiger charge is 2.43. The molecule has 1 spiro atoms. The molecule has 2 heteroatoms. The monoisotopic (exact) mass is 155 g/mol. The van der Waals surface area contributed by atoms with E-state index in [2.05, 4.69) is 5.32 Å². The van der Waals surface area contributed by atoms with E-state index in [1.165, 1.54) is 32.1 Å². The van der Waals surface area contributed by atoms with Crippen molar-refractivity contribution in [3.63, 3.8) is 0 Å². The summed E-state index contributed by atoms with van der Waals surface area (Å²) in [6.07, 6.45) is 6.41. The van der Waals surface area contributed by atoms with Crippen LogP contribution in [0.15, 0.2) is 0 Å². The van der Waals surface area contributed by atoms with Crippen molar-refractivity contribution in [2.24, 2.45) is 5.92 Å². The highest BCUT2D eigenvalue weighted by Crippen LogP contribution is 2.41. The fraction of sp³-hybridized carbons (Fsp3) is 1.00. The molecule has 0 aromatic rings. The number of hydrogen-bond acceptors (Lipinski definition) is 2. The molecule has 2 nitrogen and oxygen atoms in total. The normalized spacial score (nSPS) is 43.9. The van der Waals surface area contributed by atoms with Gasteiger partial charge in [-0.15, -0.1) is 0 Å². The second-order valence-electron chi connectivity index (χ2n) is 3.96. The van der Waals surface area contributed by atoms with Gasteiger partial charge in [-0.05, 0) is 32.2 Å². The fourth-order valence-corrected chi connectivity index (χ4v) is 2.80. The van der Waals surface area contributed by atoms with Gasteiger partial charge in [-0.25, -0.2) is 0 Å². The first-order valence-electron chi connectivity index (χ1n) is 4.73. The van der Waals surface area contributed by atoms with Crippen molar-refractivity contribution in [1.82, 2.24) is 5.32 Å². The molecule has 0 aromatic carbocycles. The molecular weight excluding hydrogens is 138 g/mol. The zero-order valence-electron chi connectivity index (χ0n) is 6.97. The van der Waals surface area contributed by atoms with Gasteiger partial charge in [-0.1, -0.05) is 6.42 Å². The molecule has 0 aromatic heterocycles. The van der Waals surface area contributed by atoms with Gasteiger partial charge in [-0.3, -0.25) is 0 Å². The summed E-state index contributed by atoms with van der Waals surface area (Å²) in [6, 6.07) is 0. The van der Waals surface area contributed by atoms with Crippen LogP contribution < -0.4 is 5.32 Å². The lowest BCUT2D eigenvalue weighted by molar-refractivity contribution is 0.161. The lowest BCUT2D eigenvalue weighted by atomic mass is 9.86. The van der Waals surface area contributed by atoms with E-state index in [1.54, 1.807) is 0 Å². The van der Waals surface area contributed by atoms with Crippen LogP contribution in [0.4, 0.5) is 0 Å². The summed E-state index contributed by atoms with van der Waals surface area (Å²) in [5.41, 5.74) is 0.356. The van der Waals surface area contributed by atoms with Gasteiger partial charge < -0.3 is 10.4 Å². The third-order valence-electron chi connectivity index (χ3n) is 3.45. The van der Waals surface area contributed by atoms with Gasteiger partial charge in [0.1, 0.15) is 0 Å². The SMILES string of the molecule is OC[C@H]1CCC[C@]12CCCN2. The van der Waals surface area contributed by atoms with E-state index in [4.69, 9.17) is 5.11 Å². The highest BCUT2D eigenvalue weighted by atomic mass is 16.3. The molecule has 2 atom stereocenters. The molecule has 2 aliphatic rings. The Hall–Kier alpha value is -0.0800. The minimum atomic E-state index is 0.356. The summed E-state index contributed by atoms with van der Waals surface area (Å²) in [6.45, 7) is 1.55. The van der Waals surface area contributed by atoms with E-state index < -0.39 is 0 Å². The van der Waals surface area contributed by atoms with Gasteiger partial charge in [0, 0.05) is 18.1 Å². The summed E-state index contributed by atoms with van der Waals surface area (Å²) in [4.78, 5) is 0. The van der Waals surface area contributed by atoms with E-state index in [1.807, 2.05) is 0 Å². The Morgan fingerprint density at radius 1 is 1.36 bits per heavy atom. The topological polar surface area (TPSA) is 32.3 Å². The van der Waals surface area contributed by atoms with E-state index in [0.29, 0.717) is 18.1 Å². The molecule has 1 aliphatic carbocycles. The van der Waals surface area contributed by atoms with Gasteiger partial charge in [-0.2, -0.15) is 0 Å². The predicted octanol–water partition coefficient (Wildman–Crippen LogP) is 0.901. The lowest BCUT2D eigenvalue weighted by Crippen LogP contribution is -2.44. The van der Waals surface area contributed by atoms with Gasteiger partial charge in [0.05, 0.1) is 0 Å². The molecule has 2 fully saturated rings. The van der Waals surface area contributed by atoms with Crippen molar-refractivity contribution in [2.45, 2.75) is 37.6 Å². The van der Waals surface area contributed by atoms with Gasteiger partial charge in [0.15, 0.2) is 0 Å². The molecule has 0 unspecified atom stereocenters. The van der Waals surface area contributed by atoms with Crippen LogP contribution in [0, 0.1) is 5.92 Å². The molecule has 1 saturated carbocycles. The average molecular weight is 155 g/mol. The maximum atomic E-state index is 9.15. The van der Waals surface area contributed by atoms with Crippen molar-refractivity contribution in [1.29, 1.82) is 0 Å². The first-order chi connectivity index (χ1) is 5.37. The second-order valence-corrected chi connectivity index (χ2v) is 3.96. The van der Waals surface area contributed by atoms with Crippen LogP contribution in [0.5, 0.6) is 0 Å². The van der Waals surface area contributed by atoms with Gasteiger partial charge in [0.2, 0.25) is 0 Å². The Morgan fingerprint density at radius 3 is 2.82 bits per heavy atom. The summed E-state index contributed by atoms with van der Waals surface area (Å²) >= 11 is 0. The quantitative estimate of drug-likeness (QED) is 0.589. The lowest BCUT2D eigenvalue weighted by Gasteiger charge is -2.30. The fourth-order valence-electron chi connectivity index (χ4n) is 2.80. The van der Waals surface area contributed by atoms with Gasteiger partial charge in [0.25, 0.3) is 0 Å². The smallest absolute Gasteiger partial charge is 0.0476 e. The first-order valence-corrected chi connectivity index (χ1v) is 4.73. The standard InChI is InChI=1S/C9H17NO/c11-7-8-3-1-4-9(8)5-2-6-10-9/h8,10-11H,1-7H2/t8-,9+/m1/s1. The Balaban J connectivity index is 2.09. The number of aliphatic hydroxyl groups excluding tert-OH is 1. The third-order valence-corrected chi connectivity index (χ3v) is 3.45. The van der Waals surface area contributed by atoms with Gasteiger partial charge >= 0.3 is 0 Å². The molecule has 1 heterocycles. The van der Waals surface area contributed by atoms with E-state index >= 15 is 0 Å². The zero-order valence-corrected chi connectivity index (χ0v) is 6.97. The molecule has 1 saturated heterocycles. The Labute approximate surface area is 68.0 Å². The number of nitrogens with one attached hydrogen (secondary N) is 1. The van der Waals surface area contributed by atoms with Crippen molar-refractivity contribution >= 4 is 0 Å². The number of hydrogen-bond donors (Lipinski definition) is 2. The number of rotatable bonds is 1. The van der Waals surface area contributed by atoms with Crippen molar-refractivity contribution in [3.8, 4) is 0 Å². The largest absolute Gasteiger partial charge is 0.396 e. The van der Waals surface area contributed by atoms with Crippen molar-refractivity contribution < 1.29 is 5.11 Å². The molecular formula is C9H17NO. The molecule has 1 aliphatic heterocycles.